The first-order valence-electron chi connectivity index (χ1n) is 7.51. The minimum absolute atomic E-state index is 0.193. The van der Waals surface area contributed by atoms with Gasteiger partial charge < -0.3 is 9.88 Å². The first kappa shape index (κ1) is 12.0. The van der Waals surface area contributed by atoms with Crippen LogP contribution in [0.1, 0.15) is 31.2 Å². The Morgan fingerprint density at radius 3 is 2.80 bits per heavy atom. The molecule has 1 aromatic heterocycles. The molecule has 1 aromatic carbocycles. The Morgan fingerprint density at radius 1 is 1.35 bits per heavy atom. The Balaban J connectivity index is 1.62. The summed E-state index contributed by atoms with van der Waals surface area (Å²) >= 11 is 0. The fourth-order valence-corrected chi connectivity index (χ4v) is 3.35. The molecule has 104 valence electrons. The third-order valence-corrected chi connectivity index (χ3v) is 4.86. The molecule has 1 heterocycles. The fraction of sp³-hybridized carbons (Fsp3) is 0.471. The minimum atomic E-state index is 0.193. The third kappa shape index (κ3) is 1.84. The van der Waals surface area contributed by atoms with Gasteiger partial charge in [-0.2, -0.15) is 0 Å². The first-order chi connectivity index (χ1) is 9.70. The number of hydrogen-bond acceptors (Lipinski definition) is 1. The first-order valence-corrected chi connectivity index (χ1v) is 7.51. The van der Waals surface area contributed by atoms with Crippen molar-refractivity contribution in [2.75, 3.05) is 13.6 Å². The average Bonchev–Trinajstić information content (AvgIpc) is 3.38. The molecule has 2 aromatic rings. The maximum absolute atomic E-state index is 12.2. The van der Waals surface area contributed by atoms with Crippen LogP contribution in [0.4, 0.5) is 0 Å². The predicted octanol–water partition coefficient (Wildman–Crippen LogP) is 3.07. The van der Waals surface area contributed by atoms with Gasteiger partial charge in [0.15, 0.2) is 0 Å². The van der Waals surface area contributed by atoms with Crippen molar-refractivity contribution in [2.45, 2.75) is 31.1 Å². The van der Waals surface area contributed by atoms with E-state index >= 15 is 0 Å². The summed E-state index contributed by atoms with van der Waals surface area (Å²) in [6.07, 6.45) is 6.70. The van der Waals surface area contributed by atoms with Crippen LogP contribution < -0.4 is 0 Å². The van der Waals surface area contributed by atoms with Crippen LogP contribution in [0, 0.1) is 5.92 Å². The van der Waals surface area contributed by atoms with Gasteiger partial charge in [0, 0.05) is 42.0 Å². The molecule has 3 heteroatoms. The lowest BCUT2D eigenvalue weighted by Crippen LogP contribution is -2.35. The number of hydrogen-bond donors (Lipinski definition) is 1. The molecular formula is C17H20N2O. The molecule has 0 unspecified atom stereocenters. The number of aromatic nitrogens is 1. The SMILES string of the molecule is CN(CC1(c2c[nH]c3ccccc23)CC1)C(=O)C1CC1. The molecule has 0 saturated heterocycles. The van der Waals surface area contributed by atoms with Crippen LogP contribution in [-0.4, -0.2) is 29.4 Å². The van der Waals surface area contributed by atoms with E-state index in [2.05, 4.69) is 35.4 Å². The van der Waals surface area contributed by atoms with Gasteiger partial charge in [0.1, 0.15) is 0 Å². The molecule has 0 aliphatic heterocycles. The van der Waals surface area contributed by atoms with Crippen LogP contribution in [0.5, 0.6) is 0 Å². The van der Waals surface area contributed by atoms with Crippen LogP contribution in [0.25, 0.3) is 10.9 Å². The molecule has 2 fully saturated rings. The number of para-hydroxylation sites is 1. The Labute approximate surface area is 119 Å². The molecule has 4 rings (SSSR count). The van der Waals surface area contributed by atoms with Crippen LogP contribution >= 0.6 is 0 Å². The van der Waals surface area contributed by atoms with E-state index in [1.807, 2.05) is 11.9 Å². The summed E-state index contributed by atoms with van der Waals surface area (Å²) in [4.78, 5) is 17.5. The van der Waals surface area contributed by atoms with Crippen LogP contribution in [0.15, 0.2) is 30.5 Å². The van der Waals surface area contributed by atoms with Gasteiger partial charge >= 0.3 is 0 Å². The Morgan fingerprint density at radius 2 is 2.10 bits per heavy atom. The Hall–Kier alpha value is -1.77. The van der Waals surface area contributed by atoms with Crippen molar-refractivity contribution in [3.05, 3.63) is 36.0 Å². The van der Waals surface area contributed by atoms with E-state index in [9.17, 15) is 4.79 Å². The van der Waals surface area contributed by atoms with Gasteiger partial charge in [0.2, 0.25) is 5.91 Å². The number of H-pyrrole nitrogens is 1. The summed E-state index contributed by atoms with van der Waals surface area (Å²) in [6, 6.07) is 8.46. The molecular weight excluding hydrogens is 248 g/mol. The summed E-state index contributed by atoms with van der Waals surface area (Å²) < 4.78 is 0. The topological polar surface area (TPSA) is 36.1 Å². The monoisotopic (exact) mass is 268 g/mol. The van der Waals surface area contributed by atoms with Crippen molar-refractivity contribution in [1.82, 2.24) is 9.88 Å². The molecule has 0 spiro atoms. The van der Waals surface area contributed by atoms with Crippen molar-refractivity contribution in [2.24, 2.45) is 5.92 Å². The van der Waals surface area contributed by atoms with E-state index in [1.54, 1.807) is 0 Å². The van der Waals surface area contributed by atoms with Crippen molar-refractivity contribution in [1.29, 1.82) is 0 Å². The molecule has 1 N–H and O–H groups in total. The second kappa shape index (κ2) is 4.11. The highest BCUT2D eigenvalue weighted by Gasteiger charge is 2.48. The van der Waals surface area contributed by atoms with Crippen molar-refractivity contribution in [3.8, 4) is 0 Å². The molecule has 0 radical (unpaired) electrons. The lowest BCUT2D eigenvalue weighted by Gasteiger charge is -2.24. The van der Waals surface area contributed by atoms with E-state index in [-0.39, 0.29) is 5.41 Å². The zero-order valence-electron chi connectivity index (χ0n) is 11.9. The van der Waals surface area contributed by atoms with Crippen LogP contribution in [-0.2, 0) is 10.2 Å². The maximum atomic E-state index is 12.2. The summed E-state index contributed by atoms with van der Waals surface area (Å²) in [5.74, 6) is 0.662. The third-order valence-electron chi connectivity index (χ3n) is 4.86. The lowest BCUT2D eigenvalue weighted by atomic mass is 9.94. The average molecular weight is 268 g/mol. The fourth-order valence-electron chi connectivity index (χ4n) is 3.35. The number of amides is 1. The van der Waals surface area contributed by atoms with Crippen LogP contribution in [0.3, 0.4) is 0 Å². The number of rotatable bonds is 4. The number of likely N-dealkylation sites (N-methyl/N-ethyl adjacent to an activating group) is 1. The zero-order chi connectivity index (χ0) is 13.7. The number of carbonyl (C=O) groups excluding carboxylic acids is 1. The molecule has 1 amide bonds. The Kier molecular flexibility index (Phi) is 2.47. The van der Waals surface area contributed by atoms with Crippen molar-refractivity contribution < 1.29 is 4.79 Å². The second-order valence-corrected chi connectivity index (χ2v) is 6.50. The van der Waals surface area contributed by atoms with E-state index < -0.39 is 0 Å². The van der Waals surface area contributed by atoms with Gasteiger partial charge in [-0.25, -0.2) is 0 Å². The zero-order valence-corrected chi connectivity index (χ0v) is 11.9. The van der Waals surface area contributed by atoms with E-state index in [1.165, 1.54) is 29.3 Å². The molecule has 0 bridgehead atoms. The molecule has 3 nitrogen and oxygen atoms in total. The second-order valence-electron chi connectivity index (χ2n) is 6.50. The Bertz CT molecular complexity index is 664. The smallest absolute Gasteiger partial charge is 0.225 e. The number of fused-ring (bicyclic) bond motifs is 1. The summed E-state index contributed by atoms with van der Waals surface area (Å²) in [7, 11) is 1.97. The molecule has 20 heavy (non-hydrogen) atoms. The summed E-state index contributed by atoms with van der Waals surface area (Å²) in [5.41, 5.74) is 2.78. The lowest BCUT2D eigenvalue weighted by molar-refractivity contribution is -0.131. The molecule has 2 aliphatic rings. The molecule has 2 aliphatic carbocycles. The van der Waals surface area contributed by atoms with Gasteiger partial charge in [-0.3, -0.25) is 4.79 Å². The summed E-state index contributed by atoms with van der Waals surface area (Å²) in [5, 5.41) is 1.32. The van der Waals surface area contributed by atoms with E-state index in [0.29, 0.717) is 11.8 Å². The van der Waals surface area contributed by atoms with Gasteiger partial charge in [-0.05, 0) is 37.3 Å². The number of nitrogens with one attached hydrogen (secondary N) is 1. The summed E-state index contributed by atoms with van der Waals surface area (Å²) in [6.45, 7) is 0.865. The highest BCUT2D eigenvalue weighted by atomic mass is 16.2. The van der Waals surface area contributed by atoms with Gasteiger partial charge in [0.25, 0.3) is 0 Å². The highest BCUT2D eigenvalue weighted by Crippen LogP contribution is 2.51. The van der Waals surface area contributed by atoms with Crippen molar-refractivity contribution >= 4 is 16.8 Å². The van der Waals surface area contributed by atoms with Gasteiger partial charge in [-0.15, -0.1) is 0 Å². The highest BCUT2D eigenvalue weighted by molar-refractivity contribution is 5.85. The van der Waals surface area contributed by atoms with Crippen LogP contribution in [0.2, 0.25) is 0 Å². The van der Waals surface area contributed by atoms with Gasteiger partial charge in [-0.1, -0.05) is 18.2 Å². The molecule has 0 atom stereocenters. The van der Waals surface area contributed by atoms with Crippen molar-refractivity contribution in [3.63, 3.8) is 0 Å². The quantitative estimate of drug-likeness (QED) is 0.909. The van der Waals surface area contributed by atoms with E-state index in [0.717, 1.165) is 19.4 Å². The number of benzene rings is 1. The largest absolute Gasteiger partial charge is 0.361 e. The number of nitrogens with zero attached hydrogens (tertiary/aromatic N) is 1. The van der Waals surface area contributed by atoms with Gasteiger partial charge in [0.05, 0.1) is 0 Å². The number of aromatic amines is 1. The molecule has 2 saturated carbocycles. The normalized spacial score (nSPS) is 20.1. The minimum Gasteiger partial charge on any atom is -0.361 e. The standard InChI is InChI=1S/C17H20N2O/c1-19(16(20)12-6-7-12)11-17(8-9-17)14-10-18-15-5-3-2-4-13(14)15/h2-5,10,12,18H,6-9,11H2,1H3. The number of carbonyl (C=O) groups is 1. The van der Waals surface area contributed by atoms with E-state index in [4.69, 9.17) is 0 Å². The maximum Gasteiger partial charge on any atom is 0.225 e. The predicted molar refractivity (Wildman–Crippen MR) is 79.6 cm³/mol.